The minimum Gasteiger partial charge on any atom is -0.479 e. The molecule has 0 spiro atoms. The van der Waals surface area contributed by atoms with Crippen LogP contribution in [0.4, 0.5) is 11.4 Å². The second kappa shape index (κ2) is 6.63. The number of anilines is 2. The Kier molecular flexibility index (Phi) is 4.30. The molecule has 2 aliphatic heterocycles. The van der Waals surface area contributed by atoms with Crippen molar-refractivity contribution in [3.8, 4) is 5.75 Å². The Balaban J connectivity index is 1.41. The molecule has 26 heavy (non-hydrogen) atoms. The van der Waals surface area contributed by atoms with Gasteiger partial charge in [-0.3, -0.25) is 14.4 Å². The molecule has 1 aliphatic carbocycles. The van der Waals surface area contributed by atoms with E-state index >= 15 is 0 Å². The molecule has 0 radical (unpaired) electrons. The first-order valence-electron chi connectivity index (χ1n) is 9.23. The van der Waals surface area contributed by atoms with Gasteiger partial charge in [-0.15, -0.1) is 0 Å². The van der Waals surface area contributed by atoms with Crippen LogP contribution < -0.4 is 15.4 Å². The quantitative estimate of drug-likeness (QED) is 0.867. The number of benzene rings is 1. The number of hydrogen-bond donors (Lipinski definition) is 2. The lowest BCUT2D eigenvalue weighted by Crippen LogP contribution is -2.35. The van der Waals surface area contributed by atoms with Crippen molar-refractivity contribution < 1.29 is 19.1 Å². The standard InChI is InChI=1S/C19H23N3O4/c1-11-18(24)21-15-9-13(6-7-16(15)26-11)20-19(25)12-8-17(23)22(10-12)14-4-2-3-5-14/h6-7,9,11-12,14H,2-5,8,10H2,1H3,(H,20,25)(H,21,24). The Morgan fingerprint density at radius 2 is 2.04 bits per heavy atom. The Bertz CT molecular complexity index is 757. The third-order valence-corrected chi connectivity index (χ3v) is 5.47. The first kappa shape index (κ1) is 16.9. The number of carbonyl (C=O) groups excluding carboxylic acids is 3. The van der Waals surface area contributed by atoms with Crippen LogP contribution in [0.1, 0.15) is 39.0 Å². The van der Waals surface area contributed by atoms with Gasteiger partial charge in [0, 0.05) is 24.7 Å². The van der Waals surface area contributed by atoms with Crippen molar-refractivity contribution in [3.63, 3.8) is 0 Å². The lowest BCUT2D eigenvalue weighted by atomic mass is 10.1. The van der Waals surface area contributed by atoms with Crippen molar-refractivity contribution in [3.05, 3.63) is 18.2 Å². The fourth-order valence-corrected chi connectivity index (χ4v) is 4.01. The van der Waals surface area contributed by atoms with Crippen LogP contribution in [0.5, 0.6) is 5.75 Å². The lowest BCUT2D eigenvalue weighted by Gasteiger charge is -2.24. The van der Waals surface area contributed by atoms with Crippen molar-refractivity contribution in [1.82, 2.24) is 4.90 Å². The van der Waals surface area contributed by atoms with Gasteiger partial charge in [0.15, 0.2) is 6.10 Å². The molecular weight excluding hydrogens is 334 g/mol. The Hall–Kier alpha value is -2.57. The molecule has 0 aromatic heterocycles. The van der Waals surface area contributed by atoms with E-state index in [9.17, 15) is 14.4 Å². The van der Waals surface area contributed by atoms with Gasteiger partial charge in [-0.05, 0) is 38.0 Å². The van der Waals surface area contributed by atoms with Crippen molar-refractivity contribution in [2.45, 2.75) is 51.2 Å². The molecule has 4 rings (SSSR count). The number of hydrogen-bond acceptors (Lipinski definition) is 4. The van der Waals surface area contributed by atoms with Gasteiger partial charge in [0.25, 0.3) is 5.91 Å². The van der Waals surface area contributed by atoms with Crippen molar-refractivity contribution in [1.29, 1.82) is 0 Å². The summed E-state index contributed by atoms with van der Waals surface area (Å²) >= 11 is 0. The Morgan fingerprint density at radius 1 is 1.27 bits per heavy atom. The van der Waals surface area contributed by atoms with Crippen molar-refractivity contribution >= 4 is 29.1 Å². The topological polar surface area (TPSA) is 87.7 Å². The fraction of sp³-hybridized carbons (Fsp3) is 0.526. The van der Waals surface area contributed by atoms with Crippen LogP contribution in [-0.2, 0) is 14.4 Å². The van der Waals surface area contributed by atoms with E-state index in [0.717, 1.165) is 25.7 Å². The largest absolute Gasteiger partial charge is 0.479 e. The van der Waals surface area contributed by atoms with Gasteiger partial charge in [0.05, 0.1) is 11.6 Å². The van der Waals surface area contributed by atoms with Crippen LogP contribution in [0.2, 0.25) is 0 Å². The van der Waals surface area contributed by atoms with Crippen LogP contribution in [0, 0.1) is 5.92 Å². The summed E-state index contributed by atoms with van der Waals surface area (Å²) in [5.74, 6) is -0.0366. The molecule has 2 heterocycles. The molecule has 1 saturated carbocycles. The summed E-state index contributed by atoms with van der Waals surface area (Å²) in [5, 5.41) is 5.63. The predicted octanol–water partition coefficient (Wildman–Crippen LogP) is 2.14. The van der Waals surface area contributed by atoms with E-state index in [-0.39, 0.29) is 30.1 Å². The first-order valence-corrected chi connectivity index (χ1v) is 9.23. The number of likely N-dealkylation sites (tertiary alicyclic amines) is 1. The van der Waals surface area contributed by atoms with E-state index in [0.29, 0.717) is 29.7 Å². The van der Waals surface area contributed by atoms with E-state index in [1.807, 2.05) is 4.90 Å². The minimum atomic E-state index is -0.533. The molecule has 3 aliphatic rings. The lowest BCUT2D eigenvalue weighted by molar-refractivity contribution is -0.130. The maximum absolute atomic E-state index is 12.6. The van der Waals surface area contributed by atoms with E-state index < -0.39 is 6.10 Å². The highest BCUT2D eigenvalue weighted by Gasteiger charge is 2.38. The number of fused-ring (bicyclic) bond motifs is 1. The molecule has 7 nitrogen and oxygen atoms in total. The van der Waals surface area contributed by atoms with E-state index in [1.54, 1.807) is 25.1 Å². The summed E-state index contributed by atoms with van der Waals surface area (Å²) in [5.41, 5.74) is 1.12. The molecule has 3 amide bonds. The highest BCUT2D eigenvalue weighted by atomic mass is 16.5. The summed E-state index contributed by atoms with van der Waals surface area (Å²) in [6.45, 7) is 2.18. The summed E-state index contributed by atoms with van der Waals surface area (Å²) in [4.78, 5) is 38.5. The van der Waals surface area contributed by atoms with E-state index in [1.165, 1.54) is 0 Å². The third-order valence-electron chi connectivity index (χ3n) is 5.47. The van der Waals surface area contributed by atoms with Crippen LogP contribution in [0.3, 0.4) is 0 Å². The molecule has 1 saturated heterocycles. The molecule has 2 fully saturated rings. The van der Waals surface area contributed by atoms with Gasteiger partial charge >= 0.3 is 0 Å². The summed E-state index contributed by atoms with van der Waals surface area (Å²) in [6.07, 6.45) is 4.14. The maximum atomic E-state index is 12.6. The molecule has 2 unspecified atom stereocenters. The van der Waals surface area contributed by atoms with E-state index in [2.05, 4.69) is 10.6 Å². The van der Waals surface area contributed by atoms with Crippen LogP contribution in [0.15, 0.2) is 18.2 Å². The smallest absolute Gasteiger partial charge is 0.265 e. The number of nitrogens with one attached hydrogen (secondary N) is 2. The minimum absolute atomic E-state index is 0.0807. The molecule has 2 atom stereocenters. The van der Waals surface area contributed by atoms with Crippen molar-refractivity contribution in [2.75, 3.05) is 17.2 Å². The molecule has 2 N–H and O–H groups in total. The molecule has 1 aromatic carbocycles. The second-order valence-electron chi connectivity index (χ2n) is 7.33. The number of amides is 3. The Morgan fingerprint density at radius 3 is 2.81 bits per heavy atom. The average Bonchev–Trinajstić information content (AvgIpc) is 3.25. The van der Waals surface area contributed by atoms with Gasteiger partial charge in [-0.25, -0.2) is 0 Å². The van der Waals surface area contributed by atoms with Gasteiger partial charge in [0.1, 0.15) is 5.75 Å². The van der Waals surface area contributed by atoms with Crippen molar-refractivity contribution in [2.24, 2.45) is 5.92 Å². The molecular formula is C19H23N3O4. The average molecular weight is 357 g/mol. The third kappa shape index (κ3) is 3.13. The van der Waals surface area contributed by atoms with Gasteiger partial charge in [-0.1, -0.05) is 12.8 Å². The first-order chi connectivity index (χ1) is 12.5. The Labute approximate surface area is 152 Å². The zero-order chi connectivity index (χ0) is 18.3. The highest BCUT2D eigenvalue weighted by molar-refractivity contribution is 6.00. The predicted molar refractivity (Wildman–Crippen MR) is 95.9 cm³/mol. The summed E-state index contributed by atoms with van der Waals surface area (Å²) in [7, 11) is 0. The molecule has 0 bridgehead atoms. The van der Waals surface area contributed by atoms with Crippen LogP contribution >= 0.6 is 0 Å². The molecule has 1 aromatic rings. The summed E-state index contributed by atoms with van der Waals surface area (Å²) < 4.78 is 5.51. The monoisotopic (exact) mass is 357 g/mol. The van der Waals surface area contributed by atoms with Gasteiger partial charge in [-0.2, -0.15) is 0 Å². The number of nitrogens with zero attached hydrogens (tertiary/aromatic N) is 1. The molecule has 7 heteroatoms. The molecule has 138 valence electrons. The zero-order valence-corrected chi connectivity index (χ0v) is 14.8. The van der Waals surface area contributed by atoms with Gasteiger partial charge in [0.2, 0.25) is 11.8 Å². The normalized spacial score (nSPS) is 25.7. The number of rotatable bonds is 3. The van der Waals surface area contributed by atoms with Crippen LogP contribution in [0.25, 0.3) is 0 Å². The van der Waals surface area contributed by atoms with Gasteiger partial charge < -0.3 is 20.3 Å². The fourth-order valence-electron chi connectivity index (χ4n) is 4.01. The maximum Gasteiger partial charge on any atom is 0.265 e. The highest BCUT2D eigenvalue weighted by Crippen LogP contribution is 2.33. The SMILES string of the molecule is CC1Oc2ccc(NC(=O)C3CC(=O)N(C4CCCC4)C3)cc2NC1=O. The summed E-state index contributed by atoms with van der Waals surface area (Å²) in [6, 6.07) is 5.46. The van der Waals surface area contributed by atoms with Crippen LogP contribution in [-0.4, -0.2) is 41.3 Å². The number of carbonyl (C=O) groups is 3. The zero-order valence-electron chi connectivity index (χ0n) is 14.8. The number of ether oxygens (including phenoxy) is 1. The van der Waals surface area contributed by atoms with E-state index in [4.69, 9.17) is 4.74 Å². The second-order valence-corrected chi connectivity index (χ2v) is 7.33.